The minimum atomic E-state index is -3.63. The maximum Gasteiger partial charge on any atom is 0.336 e. The van der Waals surface area contributed by atoms with E-state index in [-0.39, 0.29) is 15.7 Å². The quantitative estimate of drug-likeness (QED) is 0.809. The van der Waals surface area contributed by atoms with Gasteiger partial charge in [0.05, 0.1) is 5.56 Å². The van der Waals surface area contributed by atoms with Gasteiger partial charge in [0.2, 0.25) is 10.0 Å². The van der Waals surface area contributed by atoms with Crippen molar-refractivity contribution in [2.45, 2.75) is 31.9 Å². The number of carboxylic acid groups (broad SMARTS) is 1. The van der Waals surface area contributed by atoms with Gasteiger partial charge in [0.25, 0.3) is 0 Å². The number of carboxylic acids is 1. The largest absolute Gasteiger partial charge is 0.478 e. The van der Waals surface area contributed by atoms with Gasteiger partial charge in [-0.15, -0.1) is 11.3 Å². The highest BCUT2D eigenvalue weighted by atomic mass is 32.2. The van der Waals surface area contributed by atoms with Crippen LogP contribution in [0.2, 0.25) is 0 Å². The minimum absolute atomic E-state index is 0.000329. The van der Waals surface area contributed by atoms with Gasteiger partial charge in [0, 0.05) is 11.9 Å². The van der Waals surface area contributed by atoms with Gasteiger partial charge >= 0.3 is 5.97 Å². The number of nitrogens with one attached hydrogen (secondary N) is 1. The van der Waals surface area contributed by atoms with Crippen molar-refractivity contribution in [2.75, 3.05) is 6.54 Å². The molecule has 20 heavy (non-hydrogen) atoms. The van der Waals surface area contributed by atoms with Crippen LogP contribution >= 0.6 is 11.3 Å². The summed E-state index contributed by atoms with van der Waals surface area (Å²) in [6, 6.07) is 1.19. The molecule has 0 saturated carbocycles. The Morgan fingerprint density at radius 3 is 2.25 bits per heavy atom. The standard InChI is InChI=1S/C13H21NO4S2/c1-8(2)11(9(3)4)6-14-20(17,18)12-5-10(7-19-12)13(15)16/h5,7-9,11,14H,6H2,1-4H3,(H,15,16). The van der Waals surface area contributed by atoms with E-state index >= 15 is 0 Å². The molecule has 1 aromatic rings. The summed E-state index contributed by atoms with van der Waals surface area (Å²) in [7, 11) is -3.63. The molecule has 0 unspecified atom stereocenters. The molecule has 1 rings (SSSR count). The number of thiophene rings is 1. The second kappa shape index (κ2) is 6.69. The Labute approximate surface area is 124 Å². The molecular formula is C13H21NO4S2. The monoisotopic (exact) mass is 319 g/mol. The summed E-state index contributed by atoms with van der Waals surface area (Å²) < 4.78 is 26.9. The average Bonchev–Trinajstić information content (AvgIpc) is 2.77. The molecule has 0 fully saturated rings. The second-order valence-corrected chi connectivity index (χ2v) is 8.37. The first-order chi connectivity index (χ1) is 9.15. The molecule has 1 aromatic heterocycles. The van der Waals surface area contributed by atoms with Gasteiger partial charge < -0.3 is 5.11 Å². The summed E-state index contributed by atoms with van der Waals surface area (Å²) in [6.07, 6.45) is 0. The van der Waals surface area contributed by atoms with E-state index in [0.29, 0.717) is 18.4 Å². The predicted octanol–water partition coefficient (Wildman–Crippen LogP) is 2.65. The lowest BCUT2D eigenvalue weighted by atomic mass is 9.86. The molecule has 7 heteroatoms. The summed E-state index contributed by atoms with van der Waals surface area (Å²) in [6.45, 7) is 8.61. The van der Waals surface area contributed by atoms with Crippen molar-refractivity contribution in [3.8, 4) is 0 Å². The fraction of sp³-hybridized carbons (Fsp3) is 0.615. The summed E-state index contributed by atoms with van der Waals surface area (Å²) >= 11 is 0.922. The van der Waals surface area contributed by atoms with Crippen molar-refractivity contribution in [3.63, 3.8) is 0 Å². The molecule has 0 bridgehead atoms. The van der Waals surface area contributed by atoms with Crippen molar-refractivity contribution in [3.05, 3.63) is 17.0 Å². The molecule has 114 valence electrons. The SMILES string of the molecule is CC(C)C(CNS(=O)(=O)c1cc(C(=O)O)cs1)C(C)C. The lowest BCUT2D eigenvalue weighted by Crippen LogP contribution is -2.33. The summed E-state index contributed by atoms with van der Waals surface area (Å²) in [5.41, 5.74) is -0.000329. The van der Waals surface area contributed by atoms with Crippen LogP contribution in [-0.2, 0) is 10.0 Å². The van der Waals surface area contributed by atoms with Crippen molar-refractivity contribution < 1.29 is 18.3 Å². The normalized spacial score (nSPS) is 12.6. The van der Waals surface area contributed by atoms with Gasteiger partial charge in [-0.3, -0.25) is 0 Å². The fourth-order valence-corrected chi connectivity index (χ4v) is 4.36. The first kappa shape index (κ1) is 17.1. The molecule has 0 saturated heterocycles. The van der Waals surface area contributed by atoms with Gasteiger partial charge in [0.1, 0.15) is 4.21 Å². The maximum atomic E-state index is 12.1. The predicted molar refractivity (Wildman–Crippen MR) is 79.6 cm³/mol. The Morgan fingerprint density at radius 2 is 1.85 bits per heavy atom. The molecular weight excluding hydrogens is 298 g/mol. The summed E-state index contributed by atoms with van der Waals surface area (Å²) in [5.74, 6) is -0.139. The van der Waals surface area contributed by atoms with E-state index in [4.69, 9.17) is 5.11 Å². The van der Waals surface area contributed by atoms with E-state index in [9.17, 15) is 13.2 Å². The van der Waals surface area contributed by atoms with Crippen LogP contribution < -0.4 is 4.72 Å². The van der Waals surface area contributed by atoms with Crippen LogP contribution in [0.25, 0.3) is 0 Å². The topological polar surface area (TPSA) is 83.5 Å². The van der Waals surface area contributed by atoms with E-state index in [1.165, 1.54) is 11.4 Å². The van der Waals surface area contributed by atoms with Crippen molar-refractivity contribution in [1.29, 1.82) is 0 Å². The minimum Gasteiger partial charge on any atom is -0.478 e. The molecule has 0 aliphatic heterocycles. The molecule has 2 N–H and O–H groups in total. The molecule has 0 amide bonds. The zero-order valence-corrected chi connectivity index (χ0v) is 13.7. The maximum absolute atomic E-state index is 12.1. The molecule has 0 radical (unpaired) electrons. The number of sulfonamides is 1. The fourth-order valence-electron chi connectivity index (χ4n) is 2.09. The summed E-state index contributed by atoms with van der Waals surface area (Å²) in [5, 5.41) is 10.2. The third-order valence-electron chi connectivity index (χ3n) is 3.31. The molecule has 0 spiro atoms. The van der Waals surface area contributed by atoms with Gasteiger partial charge in [-0.25, -0.2) is 17.9 Å². The Bertz CT molecular complexity index is 553. The first-order valence-electron chi connectivity index (χ1n) is 6.46. The zero-order chi connectivity index (χ0) is 15.5. The van der Waals surface area contributed by atoms with Gasteiger partial charge in [-0.05, 0) is 23.8 Å². The number of hydrogen-bond donors (Lipinski definition) is 2. The van der Waals surface area contributed by atoms with Crippen LogP contribution in [-0.4, -0.2) is 26.0 Å². The lowest BCUT2D eigenvalue weighted by molar-refractivity contribution is 0.0697. The number of rotatable bonds is 7. The Kier molecular flexibility index (Phi) is 5.73. The third kappa shape index (κ3) is 4.29. The summed E-state index contributed by atoms with van der Waals surface area (Å²) in [4.78, 5) is 10.8. The van der Waals surface area contributed by atoms with Crippen LogP contribution in [0, 0.1) is 17.8 Å². The average molecular weight is 319 g/mol. The van der Waals surface area contributed by atoms with Gasteiger partial charge in [-0.1, -0.05) is 27.7 Å². The highest BCUT2D eigenvalue weighted by molar-refractivity contribution is 7.91. The highest BCUT2D eigenvalue weighted by Gasteiger charge is 2.23. The van der Waals surface area contributed by atoms with Crippen molar-refractivity contribution >= 4 is 27.3 Å². The molecule has 1 heterocycles. The highest BCUT2D eigenvalue weighted by Crippen LogP contribution is 2.23. The van der Waals surface area contributed by atoms with Crippen LogP contribution in [0.1, 0.15) is 38.1 Å². The molecule has 0 aliphatic rings. The van der Waals surface area contributed by atoms with Crippen molar-refractivity contribution in [2.24, 2.45) is 17.8 Å². The van der Waals surface area contributed by atoms with Crippen LogP contribution in [0.3, 0.4) is 0 Å². The molecule has 0 atom stereocenters. The zero-order valence-electron chi connectivity index (χ0n) is 12.1. The van der Waals surface area contributed by atoms with E-state index in [2.05, 4.69) is 32.4 Å². The third-order valence-corrected chi connectivity index (χ3v) is 6.17. The van der Waals surface area contributed by atoms with Gasteiger partial charge in [0.15, 0.2) is 0 Å². The van der Waals surface area contributed by atoms with Crippen LogP contribution in [0.15, 0.2) is 15.7 Å². The Hall–Kier alpha value is -0.920. The smallest absolute Gasteiger partial charge is 0.336 e. The van der Waals surface area contributed by atoms with E-state index < -0.39 is 16.0 Å². The Morgan fingerprint density at radius 1 is 1.30 bits per heavy atom. The number of hydrogen-bond acceptors (Lipinski definition) is 4. The molecule has 0 aliphatic carbocycles. The lowest BCUT2D eigenvalue weighted by Gasteiger charge is -2.24. The van der Waals surface area contributed by atoms with E-state index in [0.717, 1.165) is 11.3 Å². The van der Waals surface area contributed by atoms with E-state index in [1.54, 1.807) is 0 Å². The Balaban J connectivity index is 2.81. The first-order valence-corrected chi connectivity index (χ1v) is 8.83. The van der Waals surface area contributed by atoms with Crippen LogP contribution in [0.5, 0.6) is 0 Å². The molecule has 0 aromatic carbocycles. The number of aromatic carboxylic acids is 1. The van der Waals surface area contributed by atoms with Crippen LogP contribution in [0.4, 0.5) is 0 Å². The van der Waals surface area contributed by atoms with E-state index in [1.807, 2.05) is 0 Å². The van der Waals surface area contributed by atoms with Gasteiger partial charge in [-0.2, -0.15) is 0 Å². The van der Waals surface area contributed by atoms with Crippen molar-refractivity contribution in [1.82, 2.24) is 4.72 Å². The second-order valence-electron chi connectivity index (χ2n) is 5.46. The molecule has 5 nitrogen and oxygen atoms in total. The number of carbonyl (C=O) groups is 1.